The van der Waals surface area contributed by atoms with E-state index in [1.54, 1.807) is 20.8 Å². The predicted molar refractivity (Wildman–Crippen MR) is 55.3 cm³/mol. The summed E-state index contributed by atoms with van der Waals surface area (Å²) in [6, 6.07) is 1.65. The van der Waals surface area contributed by atoms with Crippen LogP contribution in [0.1, 0.15) is 27.2 Å². The van der Waals surface area contributed by atoms with Gasteiger partial charge in [0.1, 0.15) is 5.60 Å². The average molecular weight is 214 g/mol. The molecule has 0 rings (SSSR count). The standard InChI is InChI=1S/C10H18N2O3/c1-10(2,3)15-9(13)12-8(5-6-11)7-14-4/h8H,5,7H2,1-4H3,(H,12,13)/t8-/m0/s1. The van der Waals surface area contributed by atoms with Gasteiger partial charge >= 0.3 is 6.09 Å². The third-order valence-electron chi connectivity index (χ3n) is 1.43. The van der Waals surface area contributed by atoms with Crippen molar-refractivity contribution >= 4 is 6.09 Å². The highest BCUT2D eigenvalue weighted by molar-refractivity contribution is 5.68. The maximum Gasteiger partial charge on any atom is 0.407 e. The Morgan fingerprint density at radius 1 is 1.53 bits per heavy atom. The molecule has 0 saturated carbocycles. The first-order valence-corrected chi connectivity index (χ1v) is 4.74. The molecule has 0 aliphatic carbocycles. The molecule has 0 aliphatic heterocycles. The number of amides is 1. The monoisotopic (exact) mass is 214 g/mol. The third-order valence-corrected chi connectivity index (χ3v) is 1.43. The van der Waals surface area contributed by atoms with Crippen molar-refractivity contribution in [2.24, 2.45) is 0 Å². The number of nitrogens with zero attached hydrogens (tertiary/aromatic N) is 1. The molecule has 0 bridgehead atoms. The minimum atomic E-state index is -0.533. The summed E-state index contributed by atoms with van der Waals surface area (Å²) in [6.45, 7) is 5.64. The smallest absolute Gasteiger partial charge is 0.407 e. The highest BCUT2D eigenvalue weighted by Gasteiger charge is 2.19. The molecule has 86 valence electrons. The molecule has 0 radical (unpaired) electrons. The number of rotatable bonds is 4. The summed E-state index contributed by atoms with van der Waals surface area (Å²) in [7, 11) is 1.52. The van der Waals surface area contributed by atoms with E-state index in [0.29, 0.717) is 6.61 Å². The van der Waals surface area contributed by atoms with Gasteiger partial charge in [0.2, 0.25) is 0 Å². The van der Waals surface area contributed by atoms with E-state index in [2.05, 4.69) is 5.32 Å². The molecule has 5 heteroatoms. The number of alkyl carbamates (subject to hydrolysis) is 1. The maximum atomic E-state index is 11.3. The third kappa shape index (κ3) is 7.77. The van der Waals surface area contributed by atoms with Gasteiger partial charge in [0.05, 0.1) is 25.1 Å². The summed E-state index contributed by atoms with van der Waals surface area (Å²) < 4.78 is 9.91. The van der Waals surface area contributed by atoms with Crippen molar-refractivity contribution in [1.29, 1.82) is 5.26 Å². The maximum absolute atomic E-state index is 11.3. The van der Waals surface area contributed by atoms with Crippen molar-refractivity contribution in [3.8, 4) is 6.07 Å². The molecule has 1 N–H and O–H groups in total. The largest absolute Gasteiger partial charge is 0.444 e. The minimum absolute atomic E-state index is 0.201. The molecule has 1 atom stereocenters. The average Bonchev–Trinajstić information content (AvgIpc) is 2.00. The van der Waals surface area contributed by atoms with E-state index in [9.17, 15) is 4.79 Å². The van der Waals surface area contributed by atoms with Gasteiger partial charge in [-0.1, -0.05) is 0 Å². The van der Waals surface area contributed by atoms with Gasteiger partial charge in [-0.25, -0.2) is 4.79 Å². The number of hydrogen-bond acceptors (Lipinski definition) is 4. The summed E-state index contributed by atoms with van der Waals surface area (Å²) >= 11 is 0. The van der Waals surface area contributed by atoms with Crippen LogP contribution in [0.4, 0.5) is 4.79 Å². The molecule has 0 aromatic heterocycles. The Labute approximate surface area is 90.4 Å². The molecule has 0 aliphatic rings. The highest BCUT2D eigenvalue weighted by atomic mass is 16.6. The number of carbonyl (C=O) groups is 1. The van der Waals surface area contributed by atoms with Crippen LogP contribution in [0.25, 0.3) is 0 Å². The van der Waals surface area contributed by atoms with E-state index >= 15 is 0 Å². The summed E-state index contributed by atoms with van der Waals surface area (Å²) in [4.78, 5) is 11.3. The lowest BCUT2D eigenvalue weighted by molar-refractivity contribution is 0.0471. The molecule has 5 nitrogen and oxygen atoms in total. The molecule has 0 aromatic carbocycles. The number of nitrogens with one attached hydrogen (secondary N) is 1. The summed E-state index contributed by atoms with van der Waals surface area (Å²) in [5, 5.41) is 11.1. The van der Waals surface area contributed by atoms with Crippen LogP contribution in [-0.2, 0) is 9.47 Å². The van der Waals surface area contributed by atoms with E-state index in [4.69, 9.17) is 14.7 Å². The normalized spacial score (nSPS) is 12.7. The zero-order valence-electron chi connectivity index (χ0n) is 9.66. The van der Waals surface area contributed by atoms with Crippen molar-refractivity contribution in [3.63, 3.8) is 0 Å². The number of nitriles is 1. The zero-order chi connectivity index (χ0) is 11.9. The highest BCUT2D eigenvalue weighted by Crippen LogP contribution is 2.07. The molecule has 15 heavy (non-hydrogen) atoms. The van der Waals surface area contributed by atoms with Crippen molar-refractivity contribution in [2.45, 2.75) is 38.8 Å². The van der Waals surface area contributed by atoms with Crippen LogP contribution in [0.5, 0.6) is 0 Å². The molecule has 0 saturated heterocycles. The quantitative estimate of drug-likeness (QED) is 0.768. The van der Waals surface area contributed by atoms with Crippen LogP contribution in [0.3, 0.4) is 0 Å². The summed E-state index contributed by atoms with van der Waals surface area (Å²) in [5.74, 6) is 0. The topological polar surface area (TPSA) is 71.3 Å². The lowest BCUT2D eigenvalue weighted by atomic mass is 10.2. The van der Waals surface area contributed by atoms with Crippen LogP contribution >= 0.6 is 0 Å². The van der Waals surface area contributed by atoms with Crippen LogP contribution in [0.2, 0.25) is 0 Å². The van der Waals surface area contributed by atoms with E-state index in [-0.39, 0.29) is 12.5 Å². The number of methoxy groups -OCH3 is 1. The predicted octanol–water partition coefficient (Wildman–Crippen LogP) is 1.44. The SMILES string of the molecule is COC[C@H](CC#N)NC(=O)OC(C)(C)C. The molecule has 0 aromatic rings. The Morgan fingerprint density at radius 2 is 2.13 bits per heavy atom. The number of ether oxygens (including phenoxy) is 2. The Kier molecular flexibility index (Phi) is 5.72. The molecular weight excluding hydrogens is 196 g/mol. The molecular formula is C10H18N2O3. The fraction of sp³-hybridized carbons (Fsp3) is 0.800. The van der Waals surface area contributed by atoms with Crippen LogP contribution < -0.4 is 5.32 Å². The van der Waals surface area contributed by atoms with Gasteiger partial charge in [-0.2, -0.15) is 5.26 Å². The molecule has 0 spiro atoms. The second-order valence-electron chi connectivity index (χ2n) is 4.16. The van der Waals surface area contributed by atoms with Crippen LogP contribution in [0.15, 0.2) is 0 Å². The van der Waals surface area contributed by atoms with Crippen molar-refractivity contribution in [2.75, 3.05) is 13.7 Å². The van der Waals surface area contributed by atoms with Crippen LogP contribution in [-0.4, -0.2) is 31.5 Å². The lowest BCUT2D eigenvalue weighted by Gasteiger charge is -2.22. The first-order valence-electron chi connectivity index (χ1n) is 4.74. The summed E-state index contributed by atoms with van der Waals surface area (Å²) in [6.07, 6.45) is -0.326. The second kappa shape index (κ2) is 6.25. The van der Waals surface area contributed by atoms with Gasteiger partial charge < -0.3 is 14.8 Å². The van der Waals surface area contributed by atoms with E-state index in [1.807, 2.05) is 6.07 Å². The Hall–Kier alpha value is -1.28. The first-order chi connectivity index (χ1) is 6.89. The Morgan fingerprint density at radius 3 is 2.53 bits per heavy atom. The van der Waals surface area contributed by atoms with Gasteiger partial charge in [-0.15, -0.1) is 0 Å². The Bertz CT molecular complexity index is 240. The number of hydrogen-bond donors (Lipinski definition) is 1. The lowest BCUT2D eigenvalue weighted by Crippen LogP contribution is -2.41. The minimum Gasteiger partial charge on any atom is -0.444 e. The molecule has 0 fully saturated rings. The van der Waals surface area contributed by atoms with Crippen molar-refractivity contribution < 1.29 is 14.3 Å². The molecule has 1 amide bonds. The van der Waals surface area contributed by atoms with Gasteiger partial charge in [-0.3, -0.25) is 0 Å². The fourth-order valence-corrected chi connectivity index (χ4v) is 0.937. The van der Waals surface area contributed by atoms with E-state index in [0.717, 1.165) is 0 Å². The van der Waals surface area contributed by atoms with Crippen LogP contribution in [0, 0.1) is 11.3 Å². The first kappa shape index (κ1) is 13.7. The summed E-state index contributed by atoms with van der Waals surface area (Å²) in [5.41, 5.74) is -0.533. The van der Waals surface area contributed by atoms with Gasteiger partial charge in [0, 0.05) is 7.11 Å². The van der Waals surface area contributed by atoms with Crippen molar-refractivity contribution in [3.05, 3.63) is 0 Å². The van der Waals surface area contributed by atoms with E-state index in [1.165, 1.54) is 7.11 Å². The van der Waals surface area contributed by atoms with Crippen molar-refractivity contribution in [1.82, 2.24) is 5.32 Å². The van der Waals surface area contributed by atoms with E-state index < -0.39 is 11.7 Å². The fourth-order valence-electron chi connectivity index (χ4n) is 0.937. The Balaban J connectivity index is 4.06. The van der Waals surface area contributed by atoms with Gasteiger partial charge in [0.15, 0.2) is 0 Å². The molecule has 0 heterocycles. The zero-order valence-corrected chi connectivity index (χ0v) is 9.66. The van der Waals surface area contributed by atoms with Gasteiger partial charge in [-0.05, 0) is 20.8 Å². The second-order valence-corrected chi connectivity index (χ2v) is 4.16. The van der Waals surface area contributed by atoms with Gasteiger partial charge in [0.25, 0.3) is 0 Å². The number of carbonyl (C=O) groups excluding carboxylic acids is 1. The molecule has 0 unspecified atom stereocenters.